The van der Waals surface area contributed by atoms with Crippen molar-refractivity contribution in [2.45, 2.75) is 11.2 Å². The van der Waals surface area contributed by atoms with E-state index in [1.54, 1.807) is 12.5 Å². The summed E-state index contributed by atoms with van der Waals surface area (Å²) in [6, 6.07) is 13.8. The van der Waals surface area contributed by atoms with Crippen LogP contribution in [0.2, 0.25) is 0 Å². The Morgan fingerprint density at radius 2 is 1.93 bits per heavy atom. The Morgan fingerprint density at radius 1 is 1.07 bits per heavy atom. The highest BCUT2D eigenvalue weighted by Gasteiger charge is 2.40. The molecule has 0 radical (unpaired) electrons. The topological polar surface area (TPSA) is 43.4 Å². The van der Waals surface area contributed by atoms with Gasteiger partial charge in [0.15, 0.2) is 0 Å². The van der Waals surface area contributed by atoms with Gasteiger partial charge >= 0.3 is 0 Å². The predicted octanol–water partition coefficient (Wildman–Crippen LogP) is 6.15. The normalized spacial score (nSPS) is 20.7. The number of thioether (sulfide) groups is 1. The first-order valence-electron chi connectivity index (χ1n) is 8.71. The maximum atomic E-state index is 12.7. The number of fused-ring (bicyclic) bond motifs is 1. The molecule has 1 aliphatic carbocycles. The summed E-state index contributed by atoms with van der Waals surface area (Å²) in [6.45, 7) is 4.04. The van der Waals surface area contributed by atoms with E-state index in [0.717, 1.165) is 33.8 Å². The van der Waals surface area contributed by atoms with Crippen molar-refractivity contribution in [1.82, 2.24) is 0 Å². The molecule has 4 heteroatoms. The van der Waals surface area contributed by atoms with Crippen molar-refractivity contribution in [2.24, 2.45) is 0 Å². The van der Waals surface area contributed by atoms with Gasteiger partial charge in [-0.15, -0.1) is 0 Å². The van der Waals surface area contributed by atoms with Gasteiger partial charge in [0.1, 0.15) is 11.5 Å². The van der Waals surface area contributed by atoms with Crippen molar-refractivity contribution in [2.75, 3.05) is 0 Å². The Balaban J connectivity index is 1.51. The summed E-state index contributed by atoms with van der Waals surface area (Å²) >= 11 is 1.40. The van der Waals surface area contributed by atoms with Gasteiger partial charge in [-0.25, -0.2) is 0 Å². The molecule has 2 aromatic heterocycles. The zero-order chi connectivity index (χ0) is 18.4. The van der Waals surface area contributed by atoms with Gasteiger partial charge in [0, 0.05) is 11.1 Å². The fourth-order valence-electron chi connectivity index (χ4n) is 3.67. The Bertz CT molecular complexity index is 1080. The molecule has 6 rings (SSSR count). The zero-order valence-electron chi connectivity index (χ0n) is 14.4. The zero-order valence-corrected chi connectivity index (χ0v) is 15.2. The Kier molecular flexibility index (Phi) is 3.80. The van der Waals surface area contributed by atoms with Crippen LogP contribution in [0.1, 0.15) is 28.1 Å². The second-order valence-corrected chi connectivity index (χ2v) is 7.76. The van der Waals surface area contributed by atoms with Crippen molar-refractivity contribution in [3.05, 3.63) is 102 Å². The molecule has 27 heavy (non-hydrogen) atoms. The van der Waals surface area contributed by atoms with Crippen LogP contribution in [0.5, 0.6) is 0 Å². The van der Waals surface area contributed by atoms with E-state index in [1.807, 2.05) is 36.4 Å². The third-order valence-electron chi connectivity index (χ3n) is 4.98. The SMILES string of the molecule is C=C(/C=C\C1=CC2SC(=O)C1c1cc(-c3ccco3)ccc12)c1ccco1. The molecule has 4 heterocycles. The minimum absolute atomic E-state index is 0.0553. The molecule has 3 aliphatic rings. The lowest BCUT2D eigenvalue weighted by molar-refractivity contribution is -0.111. The van der Waals surface area contributed by atoms with E-state index in [4.69, 9.17) is 8.83 Å². The third kappa shape index (κ3) is 2.73. The number of carbonyl (C=O) groups is 1. The molecule has 3 aromatic rings. The number of allylic oxidation sites excluding steroid dienone is 4. The van der Waals surface area contributed by atoms with Crippen molar-refractivity contribution in [3.63, 3.8) is 0 Å². The van der Waals surface area contributed by atoms with E-state index in [9.17, 15) is 4.79 Å². The van der Waals surface area contributed by atoms with Crippen LogP contribution in [-0.4, -0.2) is 5.12 Å². The largest absolute Gasteiger partial charge is 0.464 e. The molecule has 2 atom stereocenters. The molecular formula is C23H16O3S. The molecule has 1 aromatic carbocycles. The highest BCUT2D eigenvalue weighted by atomic mass is 32.2. The number of carbonyl (C=O) groups excluding carboxylic acids is 1. The summed E-state index contributed by atoms with van der Waals surface area (Å²) in [5.41, 5.74) is 5.07. The smallest absolute Gasteiger partial charge is 0.201 e. The highest BCUT2D eigenvalue weighted by molar-refractivity contribution is 8.14. The lowest BCUT2D eigenvalue weighted by Crippen LogP contribution is -2.25. The summed E-state index contributed by atoms with van der Waals surface area (Å²) < 4.78 is 10.9. The Morgan fingerprint density at radius 3 is 2.70 bits per heavy atom. The van der Waals surface area contributed by atoms with E-state index >= 15 is 0 Å². The molecule has 0 N–H and O–H groups in total. The summed E-state index contributed by atoms with van der Waals surface area (Å²) in [7, 11) is 0. The van der Waals surface area contributed by atoms with E-state index in [-0.39, 0.29) is 16.3 Å². The number of hydrogen-bond acceptors (Lipinski definition) is 4. The monoisotopic (exact) mass is 372 g/mol. The van der Waals surface area contributed by atoms with Gasteiger partial charge in [0.25, 0.3) is 0 Å². The molecule has 2 bridgehead atoms. The van der Waals surface area contributed by atoms with E-state index < -0.39 is 0 Å². The number of benzene rings is 1. The second kappa shape index (κ2) is 6.32. The van der Waals surface area contributed by atoms with Crippen LogP contribution in [0.4, 0.5) is 0 Å². The lowest BCUT2D eigenvalue weighted by atomic mass is 9.80. The second-order valence-electron chi connectivity index (χ2n) is 6.61. The quantitative estimate of drug-likeness (QED) is 0.515. The fraction of sp³-hybridized carbons (Fsp3) is 0.0870. The molecule has 132 valence electrons. The van der Waals surface area contributed by atoms with Crippen LogP contribution in [0, 0.1) is 0 Å². The molecular weight excluding hydrogens is 356 g/mol. The van der Waals surface area contributed by atoms with Crippen molar-refractivity contribution in [1.29, 1.82) is 0 Å². The predicted molar refractivity (Wildman–Crippen MR) is 107 cm³/mol. The Labute approximate surface area is 161 Å². The molecule has 0 fully saturated rings. The average molecular weight is 372 g/mol. The maximum absolute atomic E-state index is 12.7. The Hall–Kier alpha value is -2.98. The first-order chi connectivity index (χ1) is 13.2. The summed E-state index contributed by atoms with van der Waals surface area (Å²) in [6.07, 6.45) is 9.37. The maximum Gasteiger partial charge on any atom is 0.201 e. The highest BCUT2D eigenvalue weighted by Crippen LogP contribution is 2.53. The first kappa shape index (κ1) is 16.2. The van der Waals surface area contributed by atoms with E-state index in [1.165, 1.54) is 17.3 Å². The van der Waals surface area contributed by atoms with E-state index in [0.29, 0.717) is 0 Å². The van der Waals surface area contributed by atoms with Crippen LogP contribution >= 0.6 is 11.8 Å². The van der Waals surface area contributed by atoms with E-state index in [2.05, 4.69) is 30.9 Å². The minimum Gasteiger partial charge on any atom is -0.464 e. The van der Waals surface area contributed by atoms with Gasteiger partial charge in [-0.3, -0.25) is 4.79 Å². The third-order valence-corrected chi connectivity index (χ3v) is 6.09. The lowest BCUT2D eigenvalue weighted by Gasteiger charge is -2.35. The molecule has 2 unspecified atom stereocenters. The van der Waals surface area contributed by atoms with Gasteiger partial charge in [-0.2, -0.15) is 0 Å². The first-order valence-corrected chi connectivity index (χ1v) is 9.59. The molecule has 2 aliphatic heterocycles. The van der Waals surface area contributed by atoms with Crippen molar-refractivity contribution < 1.29 is 13.6 Å². The van der Waals surface area contributed by atoms with Crippen LogP contribution in [0.25, 0.3) is 16.9 Å². The van der Waals surface area contributed by atoms with Crippen LogP contribution < -0.4 is 0 Å². The van der Waals surface area contributed by atoms with Gasteiger partial charge in [-0.1, -0.05) is 48.7 Å². The minimum atomic E-state index is -0.259. The standard InChI is InChI=1S/C23H16O3S/c1-14(19-4-2-10-25-19)6-7-16-13-21-17-9-8-15(20-5-3-11-26-20)12-18(17)22(16)23(24)27-21/h2-13,21-22H,1H2/b7-6-. The van der Waals surface area contributed by atoms with Crippen molar-refractivity contribution in [3.8, 4) is 11.3 Å². The van der Waals surface area contributed by atoms with Gasteiger partial charge < -0.3 is 8.83 Å². The van der Waals surface area contributed by atoms with Crippen LogP contribution in [0.3, 0.4) is 0 Å². The molecule has 0 saturated heterocycles. The molecule has 0 saturated carbocycles. The number of rotatable bonds is 4. The van der Waals surface area contributed by atoms with Gasteiger partial charge in [0.05, 0.1) is 23.7 Å². The van der Waals surface area contributed by atoms with Crippen LogP contribution in [0.15, 0.2) is 94.2 Å². The van der Waals surface area contributed by atoms with Gasteiger partial charge in [-0.05, 0) is 47.0 Å². The number of hydrogen-bond donors (Lipinski definition) is 0. The number of furan rings is 2. The van der Waals surface area contributed by atoms with Gasteiger partial charge in [0.2, 0.25) is 5.12 Å². The molecule has 0 spiro atoms. The van der Waals surface area contributed by atoms with Crippen LogP contribution in [-0.2, 0) is 4.79 Å². The summed E-state index contributed by atoms with van der Waals surface area (Å²) in [5, 5.41) is 0.245. The summed E-state index contributed by atoms with van der Waals surface area (Å²) in [4.78, 5) is 12.7. The van der Waals surface area contributed by atoms with Crippen molar-refractivity contribution >= 4 is 22.5 Å². The molecule has 0 amide bonds. The molecule has 3 nitrogen and oxygen atoms in total. The fourth-order valence-corrected chi connectivity index (χ4v) is 4.88. The average Bonchev–Trinajstić information content (AvgIpc) is 3.39. The summed E-state index contributed by atoms with van der Waals surface area (Å²) in [5.74, 6) is 1.28.